The highest BCUT2D eigenvalue weighted by Gasteiger charge is 2.41. The first kappa shape index (κ1) is 19.2. The van der Waals surface area contributed by atoms with Gasteiger partial charge in [0, 0.05) is 5.57 Å². The average molecular weight is 325 g/mol. The van der Waals surface area contributed by atoms with Crippen molar-refractivity contribution in [3.8, 4) is 0 Å². The highest BCUT2D eigenvalue weighted by atomic mass is 28.4. The molecule has 3 nitrogen and oxygen atoms in total. The van der Waals surface area contributed by atoms with E-state index in [4.69, 9.17) is 9.16 Å². The maximum absolute atomic E-state index is 12.1. The van der Waals surface area contributed by atoms with Gasteiger partial charge in [0.05, 0.1) is 13.2 Å². The fraction of sp³-hybridized carbons (Fsp3) is 0.722. The minimum Gasteiger partial charge on any atom is -0.466 e. The normalized spacial score (nSPS) is 23.5. The van der Waals surface area contributed by atoms with Gasteiger partial charge in [0.1, 0.15) is 0 Å². The number of ether oxygens (including phenoxy) is 1. The molecule has 0 spiro atoms. The number of rotatable bonds is 4. The SMILES string of the molecule is C=C(C)[C@H]1CC(C(=O)OC)=C(C)C(O[Si](C)(C)C(C)(C)C)C1. The van der Waals surface area contributed by atoms with Gasteiger partial charge >= 0.3 is 5.97 Å². The van der Waals surface area contributed by atoms with Crippen LogP contribution < -0.4 is 0 Å². The zero-order chi connectivity index (χ0) is 17.3. The molecule has 0 heterocycles. The van der Waals surface area contributed by atoms with Crippen molar-refractivity contribution >= 4 is 14.3 Å². The fourth-order valence-electron chi connectivity index (χ4n) is 2.53. The van der Waals surface area contributed by atoms with Gasteiger partial charge in [-0.05, 0) is 56.3 Å². The van der Waals surface area contributed by atoms with Crippen molar-refractivity contribution in [2.24, 2.45) is 5.92 Å². The van der Waals surface area contributed by atoms with Crippen LogP contribution in [0.4, 0.5) is 0 Å². The Morgan fingerprint density at radius 2 is 1.86 bits per heavy atom. The molecule has 126 valence electrons. The van der Waals surface area contributed by atoms with E-state index in [0.29, 0.717) is 6.42 Å². The predicted octanol–water partition coefficient (Wildman–Crippen LogP) is 4.85. The molecule has 1 unspecified atom stereocenters. The monoisotopic (exact) mass is 324 g/mol. The third-order valence-corrected chi connectivity index (χ3v) is 9.77. The summed E-state index contributed by atoms with van der Waals surface area (Å²) in [5, 5.41) is 0.148. The summed E-state index contributed by atoms with van der Waals surface area (Å²) in [6.07, 6.45) is 1.62. The van der Waals surface area contributed by atoms with Crippen molar-refractivity contribution in [1.29, 1.82) is 0 Å². The lowest BCUT2D eigenvalue weighted by atomic mass is 9.79. The molecule has 2 atom stereocenters. The Morgan fingerprint density at radius 3 is 2.27 bits per heavy atom. The van der Waals surface area contributed by atoms with Gasteiger partial charge < -0.3 is 9.16 Å². The molecule has 4 heteroatoms. The quantitative estimate of drug-likeness (QED) is 0.421. The van der Waals surface area contributed by atoms with Gasteiger partial charge in [-0.15, -0.1) is 0 Å². The van der Waals surface area contributed by atoms with Crippen LogP contribution in [0.2, 0.25) is 18.1 Å². The first-order valence-corrected chi connectivity index (χ1v) is 10.9. The van der Waals surface area contributed by atoms with Crippen LogP contribution >= 0.6 is 0 Å². The second kappa shape index (κ2) is 6.71. The Balaban J connectivity index is 3.15. The lowest BCUT2D eigenvalue weighted by Gasteiger charge is -2.42. The van der Waals surface area contributed by atoms with E-state index < -0.39 is 8.32 Å². The minimum absolute atomic E-state index is 0.00885. The van der Waals surface area contributed by atoms with Crippen LogP contribution in [0.25, 0.3) is 0 Å². The van der Waals surface area contributed by atoms with E-state index in [1.165, 1.54) is 7.11 Å². The largest absolute Gasteiger partial charge is 0.466 e. The molecule has 0 radical (unpaired) electrons. The van der Waals surface area contributed by atoms with Gasteiger partial charge in [0.15, 0.2) is 8.32 Å². The zero-order valence-corrected chi connectivity index (χ0v) is 16.5. The number of carbonyl (C=O) groups is 1. The summed E-state index contributed by atoms with van der Waals surface area (Å²) in [7, 11) is -0.448. The summed E-state index contributed by atoms with van der Waals surface area (Å²) < 4.78 is 11.6. The van der Waals surface area contributed by atoms with Crippen LogP contribution in [0.5, 0.6) is 0 Å². The first-order valence-electron chi connectivity index (χ1n) is 8.02. The predicted molar refractivity (Wildman–Crippen MR) is 94.3 cm³/mol. The molecule has 0 N–H and O–H groups in total. The Bertz CT molecular complexity index is 483. The van der Waals surface area contributed by atoms with E-state index in [2.05, 4.69) is 40.4 Å². The van der Waals surface area contributed by atoms with Crippen molar-refractivity contribution in [3.05, 3.63) is 23.3 Å². The van der Waals surface area contributed by atoms with Crippen molar-refractivity contribution in [2.75, 3.05) is 7.11 Å². The van der Waals surface area contributed by atoms with Gasteiger partial charge in [-0.1, -0.05) is 32.9 Å². The van der Waals surface area contributed by atoms with Crippen LogP contribution in [0.15, 0.2) is 23.3 Å². The Morgan fingerprint density at radius 1 is 1.32 bits per heavy atom. The number of esters is 1. The van der Waals surface area contributed by atoms with E-state index in [9.17, 15) is 4.79 Å². The molecule has 0 fully saturated rings. The zero-order valence-electron chi connectivity index (χ0n) is 15.5. The molecule has 0 saturated carbocycles. The van der Waals surface area contributed by atoms with Gasteiger partial charge in [-0.25, -0.2) is 4.79 Å². The van der Waals surface area contributed by atoms with Crippen molar-refractivity contribution in [3.63, 3.8) is 0 Å². The first-order chi connectivity index (χ1) is 9.90. The summed E-state index contributed by atoms with van der Waals surface area (Å²) >= 11 is 0. The standard InChI is InChI=1S/C18H32O3Si/c1-12(2)14-10-15(17(19)20-7)13(3)16(11-14)21-22(8,9)18(4,5)6/h14,16H,1,10-11H2,2-9H3/t14-,16?/m0/s1. The maximum atomic E-state index is 12.1. The van der Waals surface area contributed by atoms with E-state index in [1.807, 2.05) is 13.8 Å². The molecular formula is C18H32O3Si. The Labute approximate surface area is 136 Å². The number of hydrogen-bond acceptors (Lipinski definition) is 3. The van der Waals surface area contributed by atoms with Crippen LogP contribution in [0.1, 0.15) is 47.5 Å². The fourth-order valence-corrected chi connectivity index (χ4v) is 3.87. The van der Waals surface area contributed by atoms with E-state index in [1.54, 1.807) is 0 Å². The van der Waals surface area contributed by atoms with Gasteiger partial charge in [-0.3, -0.25) is 0 Å². The Hall–Kier alpha value is -0.873. The molecule has 1 aliphatic carbocycles. The molecule has 0 aromatic heterocycles. The number of hydrogen-bond donors (Lipinski definition) is 0. The van der Waals surface area contributed by atoms with Crippen LogP contribution in [-0.2, 0) is 14.0 Å². The van der Waals surface area contributed by atoms with E-state index >= 15 is 0 Å². The Kier molecular flexibility index (Phi) is 5.85. The average Bonchev–Trinajstić information content (AvgIpc) is 2.38. The van der Waals surface area contributed by atoms with Gasteiger partial charge in [0.2, 0.25) is 0 Å². The number of methoxy groups -OCH3 is 1. The summed E-state index contributed by atoms with van der Waals surface area (Å²) in [4.78, 5) is 12.1. The lowest BCUT2D eigenvalue weighted by molar-refractivity contribution is -0.136. The summed E-state index contributed by atoms with van der Waals surface area (Å²) in [5.41, 5.74) is 2.91. The van der Waals surface area contributed by atoms with Crippen LogP contribution in [0, 0.1) is 5.92 Å². The topological polar surface area (TPSA) is 35.5 Å². The van der Waals surface area contributed by atoms with E-state index in [-0.39, 0.29) is 23.0 Å². The smallest absolute Gasteiger partial charge is 0.333 e. The molecule has 0 aliphatic heterocycles. The minimum atomic E-state index is -1.89. The summed E-state index contributed by atoms with van der Waals surface area (Å²) in [6, 6.07) is 0. The lowest BCUT2D eigenvalue weighted by Crippen LogP contribution is -2.45. The molecule has 1 rings (SSSR count). The third kappa shape index (κ3) is 4.11. The van der Waals surface area contributed by atoms with E-state index in [0.717, 1.165) is 23.1 Å². The molecule has 0 amide bonds. The van der Waals surface area contributed by atoms with Gasteiger partial charge in [0.25, 0.3) is 0 Å². The van der Waals surface area contributed by atoms with Crippen molar-refractivity contribution in [1.82, 2.24) is 0 Å². The van der Waals surface area contributed by atoms with Crippen LogP contribution in [0.3, 0.4) is 0 Å². The third-order valence-electron chi connectivity index (χ3n) is 5.28. The number of allylic oxidation sites excluding steroid dienone is 1. The highest BCUT2D eigenvalue weighted by Crippen LogP contribution is 2.42. The van der Waals surface area contributed by atoms with Gasteiger partial charge in [-0.2, -0.15) is 0 Å². The van der Waals surface area contributed by atoms with Crippen LogP contribution in [-0.4, -0.2) is 27.5 Å². The molecule has 0 bridgehead atoms. The molecule has 0 aromatic rings. The molecule has 22 heavy (non-hydrogen) atoms. The van der Waals surface area contributed by atoms with Crippen molar-refractivity contribution in [2.45, 2.75) is 71.7 Å². The summed E-state index contributed by atoms with van der Waals surface area (Å²) in [6.45, 7) is 19.3. The second-order valence-electron chi connectivity index (χ2n) is 8.00. The molecule has 0 aromatic carbocycles. The maximum Gasteiger partial charge on any atom is 0.333 e. The molecule has 1 aliphatic rings. The molecular weight excluding hydrogens is 292 g/mol. The van der Waals surface area contributed by atoms with Crippen molar-refractivity contribution < 1.29 is 14.0 Å². The highest BCUT2D eigenvalue weighted by molar-refractivity contribution is 6.74. The number of carbonyl (C=O) groups excluding carboxylic acids is 1. The molecule has 0 saturated heterocycles. The second-order valence-corrected chi connectivity index (χ2v) is 12.8. The summed E-state index contributed by atoms with van der Waals surface area (Å²) in [5.74, 6) is 0.0554.